The summed E-state index contributed by atoms with van der Waals surface area (Å²) in [5, 5.41) is 19.0. The SMILES string of the molecule is OC(Cc1ccccc1)c1cc(-c2ccccc2)cc2[nH]ncc12. The lowest BCUT2D eigenvalue weighted by Crippen LogP contribution is -2.02. The number of hydrogen-bond acceptors (Lipinski definition) is 2. The molecule has 3 heteroatoms. The average Bonchev–Trinajstić information content (AvgIpc) is 3.11. The largest absolute Gasteiger partial charge is 0.388 e. The molecule has 0 aliphatic carbocycles. The molecule has 0 bridgehead atoms. The van der Waals surface area contributed by atoms with Gasteiger partial charge in [0, 0.05) is 11.8 Å². The van der Waals surface area contributed by atoms with Gasteiger partial charge in [-0.25, -0.2) is 0 Å². The van der Waals surface area contributed by atoms with Gasteiger partial charge in [0.1, 0.15) is 0 Å². The van der Waals surface area contributed by atoms with Crippen molar-refractivity contribution in [2.75, 3.05) is 0 Å². The van der Waals surface area contributed by atoms with Crippen LogP contribution in [0.1, 0.15) is 17.2 Å². The van der Waals surface area contributed by atoms with E-state index in [1.54, 1.807) is 6.20 Å². The van der Waals surface area contributed by atoms with Gasteiger partial charge in [-0.15, -0.1) is 0 Å². The summed E-state index contributed by atoms with van der Waals surface area (Å²) in [6.07, 6.45) is 1.80. The van der Waals surface area contributed by atoms with Crippen LogP contribution in [-0.2, 0) is 6.42 Å². The van der Waals surface area contributed by atoms with Crippen LogP contribution in [-0.4, -0.2) is 15.3 Å². The molecule has 3 nitrogen and oxygen atoms in total. The van der Waals surface area contributed by atoms with Crippen LogP contribution in [0.5, 0.6) is 0 Å². The highest BCUT2D eigenvalue weighted by Crippen LogP contribution is 2.31. The van der Waals surface area contributed by atoms with E-state index in [0.29, 0.717) is 6.42 Å². The molecule has 1 unspecified atom stereocenters. The maximum absolute atomic E-state index is 10.8. The molecule has 2 N–H and O–H groups in total. The number of aliphatic hydroxyl groups excluding tert-OH is 1. The Morgan fingerprint density at radius 1 is 0.875 bits per heavy atom. The first kappa shape index (κ1) is 14.7. The molecule has 3 aromatic carbocycles. The van der Waals surface area contributed by atoms with E-state index in [2.05, 4.69) is 34.5 Å². The smallest absolute Gasteiger partial charge is 0.0837 e. The predicted octanol–water partition coefficient (Wildman–Crippen LogP) is 4.51. The lowest BCUT2D eigenvalue weighted by atomic mass is 9.94. The van der Waals surface area contributed by atoms with E-state index in [1.165, 1.54) is 0 Å². The molecular weight excluding hydrogens is 296 g/mol. The topological polar surface area (TPSA) is 48.9 Å². The Labute approximate surface area is 140 Å². The summed E-state index contributed by atoms with van der Waals surface area (Å²) in [5.74, 6) is 0. The van der Waals surface area contributed by atoms with Crippen molar-refractivity contribution in [2.45, 2.75) is 12.5 Å². The van der Waals surface area contributed by atoms with E-state index >= 15 is 0 Å². The number of nitrogens with zero attached hydrogens (tertiary/aromatic N) is 1. The highest BCUT2D eigenvalue weighted by Gasteiger charge is 2.15. The minimum Gasteiger partial charge on any atom is -0.388 e. The van der Waals surface area contributed by atoms with Crippen molar-refractivity contribution in [1.29, 1.82) is 0 Å². The Morgan fingerprint density at radius 2 is 1.58 bits per heavy atom. The number of H-pyrrole nitrogens is 1. The second-order valence-electron chi connectivity index (χ2n) is 5.97. The highest BCUT2D eigenvalue weighted by atomic mass is 16.3. The summed E-state index contributed by atoms with van der Waals surface area (Å²) < 4.78 is 0. The molecule has 0 saturated carbocycles. The van der Waals surface area contributed by atoms with Gasteiger partial charge in [0.25, 0.3) is 0 Å². The molecule has 24 heavy (non-hydrogen) atoms. The van der Waals surface area contributed by atoms with Crippen molar-refractivity contribution in [1.82, 2.24) is 10.2 Å². The van der Waals surface area contributed by atoms with Gasteiger partial charge in [0.05, 0.1) is 17.8 Å². The Bertz CT molecular complexity index is 945. The van der Waals surface area contributed by atoms with Gasteiger partial charge in [-0.2, -0.15) is 5.10 Å². The fourth-order valence-electron chi connectivity index (χ4n) is 3.10. The van der Waals surface area contributed by atoms with E-state index < -0.39 is 6.10 Å². The normalized spacial score (nSPS) is 12.4. The number of rotatable bonds is 4. The number of aromatic nitrogens is 2. The Balaban J connectivity index is 1.77. The second kappa shape index (κ2) is 6.30. The average molecular weight is 314 g/mol. The number of hydrogen-bond donors (Lipinski definition) is 2. The van der Waals surface area contributed by atoms with E-state index in [0.717, 1.165) is 33.2 Å². The third-order valence-corrected chi connectivity index (χ3v) is 4.33. The number of benzene rings is 3. The predicted molar refractivity (Wildman–Crippen MR) is 96.6 cm³/mol. The van der Waals surface area contributed by atoms with Crippen LogP contribution < -0.4 is 0 Å². The molecule has 118 valence electrons. The highest BCUT2D eigenvalue weighted by molar-refractivity contribution is 5.87. The third-order valence-electron chi connectivity index (χ3n) is 4.33. The van der Waals surface area contributed by atoms with Crippen molar-refractivity contribution < 1.29 is 5.11 Å². The molecule has 1 heterocycles. The molecular formula is C21H18N2O. The minimum absolute atomic E-state index is 0.573. The van der Waals surface area contributed by atoms with E-state index in [4.69, 9.17) is 0 Å². The number of fused-ring (bicyclic) bond motifs is 1. The Hall–Kier alpha value is -2.91. The number of aromatic amines is 1. The zero-order valence-corrected chi connectivity index (χ0v) is 13.2. The van der Waals surface area contributed by atoms with Crippen LogP contribution in [0.15, 0.2) is 79.0 Å². The molecule has 0 amide bonds. The van der Waals surface area contributed by atoms with Gasteiger partial charge in [-0.3, -0.25) is 5.10 Å². The summed E-state index contributed by atoms with van der Waals surface area (Å²) >= 11 is 0. The summed E-state index contributed by atoms with van der Waals surface area (Å²) in [6, 6.07) is 24.4. The molecule has 4 rings (SSSR count). The van der Waals surface area contributed by atoms with Crippen LogP contribution in [0, 0.1) is 0 Å². The quantitative estimate of drug-likeness (QED) is 0.582. The molecule has 4 aromatic rings. The fraction of sp³-hybridized carbons (Fsp3) is 0.0952. The minimum atomic E-state index is -0.573. The monoisotopic (exact) mass is 314 g/mol. The Kier molecular flexibility index (Phi) is 3.85. The lowest BCUT2D eigenvalue weighted by Gasteiger charge is -2.14. The van der Waals surface area contributed by atoms with Crippen LogP contribution >= 0.6 is 0 Å². The molecule has 0 radical (unpaired) electrons. The van der Waals surface area contributed by atoms with Gasteiger partial charge in [-0.1, -0.05) is 60.7 Å². The fourth-order valence-corrected chi connectivity index (χ4v) is 3.10. The van der Waals surface area contributed by atoms with Crippen molar-refractivity contribution >= 4 is 10.9 Å². The first-order valence-electron chi connectivity index (χ1n) is 8.06. The van der Waals surface area contributed by atoms with Crippen LogP contribution in [0.3, 0.4) is 0 Å². The molecule has 1 atom stereocenters. The molecule has 0 spiro atoms. The molecule has 1 aromatic heterocycles. The maximum Gasteiger partial charge on any atom is 0.0837 e. The van der Waals surface area contributed by atoms with E-state index in [-0.39, 0.29) is 0 Å². The van der Waals surface area contributed by atoms with Crippen LogP contribution in [0.25, 0.3) is 22.0 Å². The van der Waals surface area contributed by atoms with Gasteiger partial charge in [0.15, 0.2) is 0 Å². The van der Waals surface area contributed by atoms with Gasteiger partial charge < -0.3 is 5.11 Å². The molecule has 0 fully saturated rings. The molecule has 0 aliphatic rings. The van der Waals surface area contributed by atoms with Gasteiger partial charge >= 0.3 is 0 Å². The van der Waals surface area contributed by atoms with Gasteiger partial charge in [0.2, 0.25) is 0 Å². The number of aliphatic hydroxyl groups is 1. The number of nitrogens with one attached hydrogen (secondary N) is 1. The summed E-state index contributed by atoms with van der Waals surface area (Å²) in [6.45, 7) is 0. The third kappa shape index (κ3) is 2.82. The van der Waals surface area contributed by atoms with Crippen LogP contribution in [0.2, 0.25) is 0 Å². The second-order valence-corrected chi connectivity index (χ2v) is 5.97. The Morgan fingerprint density at radius 3 is 2.33 bits per heavy atom. The van der Waals surface area contributed by atoms with Crippen molar-refractivity contribution in [3.8, 4) is 11.1 Å². The van der Waals surface area contributed by atoms with Crippen molar-refractivity contribution in [3.05, 3.63) is 90.1 Å². The molecule has 0 aliphatic heterocycles. The van der Waals surface area contributed by atoms with Crippen LogP contribution in [0.4, 0.5) is 0 Å². The first-order chi connectivity index (χ1) is 11.8. The van der Waals surface area contributed by atoms with E-state index in [9.17, 15) is 5.11 Å². The summed E-state index contributed by atoms with van der Waals surface area (Å²) in [5.41, 5.74) is 5.17. The maximum atomic E-state index is 10.8. The van der Waals surface area contributed by atoms with Gasteiger partial charge in [-0.05, 0) is 34.4 Å². The lowest BCUT2D eigenvalue weighted by molar-refractivity contribution is 0.180. The zero-order chi connectivity index (χ0) is 16.4. The van der Waals surface area contributed by atoms with E-state index in [1.807, 2.05) is 48.5 Å². The standard InChI is InChI=1S/C21H18N2O/c24-21(11-15-7-3-1-4-8-15)18-12-17(16-9-5-2-6-10-16)13-20-19(18)14-22-23-20/h1-10,12-14,21,24H,11H2,(H,22,23). The first-order valence-corrected chi connectivity index (χ1v) is 8.06. The van der Waals surface area contributed by atoms with Crippen molar-refractivity contribution in [2.24, 2.45) is 0 Å². The summed E-state index contributed by atoms with van der Waals surface area (Å²) in [4.78, 5) is 0. The van der Waals surface area contributed by atoms with Crippen molar-refractivity contribution in [3.63, 3.8) is 0 Å². The zero-order valence-electron chi connectivity index (χ0n) is 13.2. The molecule has 0 saturated heterocycles. The summed E-state index contributed by atoms with van der Waals surface area (Å²) in [7, 11) is 0.